The SMILES string of the molecule is O=C(O)C1CC1c1nc2ccc(F)cc2o1. The van der Waals surface area contributed by atoms with Crippen LogP contribution in [0.4, 0.5) is 4.39 Å². The second-order valence-corrected chi connectivity index (χ2v) is 3.95. The predicted molar refractivity (Wildman–Crippen MR) is 52.5 cm³/mol. The van der Waals surface area contributed by atoms with Crippen molar-refractivity contribution >= 4 is 17.1 Å². The number of halogens is 1. The first kappa shape index (κ1) is 9.33. The Labute approximate surface area is 89.7 Å². The van der Waals surface area contributed by atoms with E-state index in [1.54, 1.807) is 0 Å². The first-order chi connectivity index (χ1) is 7.65. The van der Waals surface area contributed by atoms with Crippen molar-refractivity contribution < 1.29 is 18.7 Å². The van der Waals surface area contributed by atoms with Gasteiger partial charge in [0, 0.05) is 12.0 Å². The van der Waals surface area contributed by atoms with Crippen molar-refractivity contribution in [1.82, 2.24) is 4.98 Å². The number of carboxylic acid groups (broad SMARTS) is 1. The van der Waals surface area contributed by atoms with Crippen LogP contribution in [0.25, 0.3) is 11.1 Å². The van der Waals surface area contributed by atoms with Crippen molar-refractivity contribution in [2.45, 2.75) is 12.3 Å². The number of hydrogen-bond donors (Lipinski definition) is 1. The van der Waals surface area contributed by atoms with Gasteiger partial charge in [-0.1, -0.05) is 0 Å². The molecule has 2 aromatic rings. The summed E-state index contributed by atoms with van der Waals surface area (Å²) in [5.74, 6) is -1.39. The summed E-state index contributed by atoms with van der Waals surface area (Å²) in [4.78, 5) is 14.8. The van der Waals surface area contributed by atoms with Crippen molar-refractivity contribution in [2.75, 3.05) is 0 Å². The van der Waals surface area contributed by atoms with Gasteiger partial charge < -0.3 is 9.52 Å². The van der Waals surface area contributed by atoms with Crippen LogP contribution in [0.15, 0.2) is 22.6 Å². The molecular formula is C11H8FNO3. The molecule has 2 atom stereocenters. The molecule has 3 rings (SSSR count). The average molecular weight is 221 g/mol. The molecule has 1 fully saturated rings. The summed E-state index contributed by atoms with van der Waals surface area (Å²) in [6, 6.07) is 4.08. The summed E-state index contributed by atoms with van der Waals surface area (Å²) < 4.78 is 18.2. The Bertz CT molecular complexity index is 578. The molecule has 1 aromatic carbocycles. The second kappa shape index (κ2) is 3.04. The fourth-order valence-electron chi connectivity index (χ4n) is 1.82. The summed E-state index contributed by atoms with van der Waals surface area (Å²) in [5.41, 5.74) is 0.929. The van der Waals surface area contributed by atoms with Gasteiger partial charge in [0.05, 0.1) is 5.92 Å². The number of nitrogens with zero attached hydrogens (tertiary/aromatic N) is 1. The Morgan fingerprint density at radius 2 is 2.38 bits per heavy atom. The molecule has 1 aliphatic carbocycles. The highest BCUT2D eigenvalue weighted by atomic mass is 19.1. The highest BCUT2D eigenvalue weighted by molar-refractivity contribution is 5.76. The normalized spacial score (nSPS) is 23.6. The van der Waals surface area contributed by atoms with E-state index in [1.807, 2.05) is 0 Å². The van der Waals surface area contributed by atoms with Crippen LogP contribution < -0.4 is 0 Å². The van der Waals surface area contributed by atoms with Crippen LogP contribution in [-0.2, 0) is 4.79 Å². The highest BCUT2D eigenvalue weighted by Gasteiger charge is 2.47. The Morgan fingerprint density at radius 1 is 1.56 bits per heavy atom. The molecule has 0 saturated heterocycles. The smallest absolute Gasteiger partial charge is 0.307 e. The molecule has 0 spiro atoms. The maximum absolute atomic E-state index is 12.9. The zero-order valence-corrected chi connectivity index (χ0v) is 8.18. The van der Waals surface area contributed by atoms with Crippen LogP contribution in [0, 0.1) is 11.7 Å². The van der Waals surface area contributed by atoms with E-state index in [2.05, 4.69) is 4.98 Å². The number of aliphatic carboxylic acids is 1. The van der Waals surface area contributed by atoms with Gasteiger partial charge in [0.25, 0.3) is 0 Å². The molecule has 0 amide bonds. The van der Waals surface area contributed by atoms with Gasteiger partial charge in [-0.15, -0.1) is 0 Å². The van der Waals surface area contributed by atoms with Gasteiger partial charge >= 0.3 is 5.97 Å². The number of oxazole rings is 1. The Balaban J connectivity index is 1.98. The molecule has 0 bridgehead atoms. The third-order valence-corrected chi connectivity index (χ3v) is 2.79. The molecule has 0 aliphatic heterocycles. The van der Waals surface area contributed by atoms with E-state index in [1.165, 1.54) is 18.2 Å². The van der Waals surface area contributed by atoms with Gasteiger partial charge in [0.1, 0.15) is 11.3 Å². The Morgan fingerprint density at radius 3 is 3.06 bits per heavy atom. The minimum absolute atomic E-state index is 0.159. The van der Waals surface area contributed by atoms with E-state index >= 15 is 0 Å². The van der Waals surface area contributed by atoms with Gasteiger partial charge in [-0.05, 0) is 18.6 Å². The third-order valence-electron chi connectivity index (χ3n) is 2.79. The lowest BCUT2D eigenvalue weighted by molar-refractivity contribution is -0.138. The molecule has 1 aromatic heterocycles. The minimum Gasteiger partial charge on any atom is -0.481 e. The summed E-state index contributed by atoms with van der Waals surface area (Å²) in [6.07, 6.45) is 0.546. The number of aromatic nitrogens is 1. The first-order valence-corrected chi connectivity index (χ1v) is 4.94. The van der Waals surface area contributed by atoms with E-state index < -0.39 is 11.9 Å². The summed E-state index contributed by atoms with van der Waals surface area (Å²) in [6.45, 7) is 0. The minimum atomic E-state index is -0.835. The lowest BCUT2D eigenvalue weighted by Crippen LogP contribution is -1.98. The van der Waals surface area contributed by atoms with E-state index in [9.17, 15) is 9.18 Å². The van der Waals surface area contributed by atoms with E-state index in [0.717, 1.165) is 0 Å². The van der Waals surface area contributed by atoms with Crippen molar-refractivity contribution in [3.63, 3.8) is 0 Å². The second-order valence-electron chi connectivity index (χ2n) is 3.95. The molecule has 82 valence electrons. The van der Waals surface area contributed by atoms with Crippen LogP contribution in [0.5, 0.6) is 0 Å². The van der Waals surface area contributed by atoms with Crippen LogP contribution in [0.3, 0.4) is 0 Å². The Kier molecular flexibility index (Phi) is 1.77. The molecule has 1 N–H and O–H groups in total. The zero-order chi connectivity index (χ0) is 11.3. The number of benzene rings is 1. The summed E-state index contributed by atoms with van der Waals surface area (Å²) >= 11 is 0. The average Bonchev–Trinajstić information content (AvgIpc) is 2.93. The van der Waals surface area contributed by atoms with Crippen molar-refractivity contribution in [3.05, 3.63) is 29.9 Å². The fourth-order valence-corrected chi connectivity index (χ4v) is 1.82. The molecule has 4 nitrogen and oxygen atoms in total. The predicted octanol–water partition coefficient (Wildman–Crippen LogP) is 2.16. The number of fused-ring (bicyclic) bond motifs is 1. The lowest BCUT2D eigenvalue weighted by Gasteiger charge is -1.88. The van der Waals surface area contributed by atoms with Crippen LogP contribution in [0.1, 0.15) is 18.2 Å². The van der Waals surface area contributed by atoms with Gasteiger partial charge in [-0.25, -0.2) is 9.37 Å². The quantitative estimate of drug-likeness (QED) is 0.843. The van der Waals surface area contributed by atoms with Crippen LogP contribution >= 0.6 is 0 Å². The molecule has 0 radical (unpaired) electrons. The molecule has 1 saturated carbocycles. The van der Waals surface area contributed by atoms with E-state index in [4.69, 9.17) is 9.52 Å². The van der Waals surface area contributed by atoms with Gasteiger partial charge in [0.15, 0.2) is 11.5 Å². The molecular weight excluding hydrogens is 213 g/mol. The largest absolute Gasteiger partial charge is 0.481 e. The number of rotatable bonds is 2. The summed E-state index contributed by atoms with van der Waals surface area (Å²) in [5, 5.41) is 8.77. The highest BCUT2D eigenvalue weighted by Crippen LogP contribution is 2.47. The van der Waals surface area contributed by atoms with Gasteiger partial charge in [0.2, 0.25) is 0 Å². The zero-order valence-electron chi connectivity index (χ0n) is 8.18. The van der Waals surface area contributed by atoms with E-state index in [0.29, 0.717) is 23.4 Å². The monoisotopic (exact) mass is 221 g/mol. The summed E-state index contributed by atoms with van der Waals surface area (Å²) in [7, 11) is 0. The van der Waals surface area contributed by atoms with Gasteiger partial charge in [-0.3, -0.25) is 4.79 Å². The van der Waals surface area contributed by atoms with Crippen molar-refractivity contribution in [2.24, 2.45) is 5.92 Å². The van der Waals surface area contributed by atoms with E-state index in [-0.39, 0.29) is 11.7 Å². The van der Waals surface area contributed by atoms with Crippen LogP contribution in [-0.4, -0.2) is 16.1 Å². The molecule has 1 heterocycles. The number of carboxylic acids is 1. The van der Waals surface area contributed by atoms with Crippen LogP contribution in [0.2, 0.25) is 0 Å². The maximum atomic E-state index is 12.9. The fraction of sp³-hybridized carbons (Fsp3) is 0.273. The topological polar surface area (TPSA) is 63.3 Å². The maximum Gasteiger partial charge on any atom is 0.307 e. The van der Waals surface area contributed by atoms with Gasteiger partial charge in [-0.2, -0.15) is 0 Å². The molecule has 2 unspecified atom stereocenters. The lowest BCUT2D eigenvalue weighted by atomic mass is 10.3. The number of carbonyl (C=O) groups is 1. The standard InChI is InChI=1S/C11H8FNO3/c12-5-1-2-8-9(3-5)16-10(13-8)6-4-7(6)11(14)15/h1-3,6-7H,4H2,(H,14,15). The molecule has 1 aliphatic rings. The third kappa shape index (κ3) is 1.36. The van der Waals surface area contributed by atoms with Crippen molar-refractivity contribution in [3.8, 4) is 0 Å². The molecule has 16 heavy (non-hydrogen) atoms. The Hall–Kier alpha value is -1.91. The van der Waals surface area contributed by atoms with Crippen molar-refractivity contribution in [1.29, 1.82) is 0 Å². The molecule has 5 heteroatoms. The number of hydrogen-bond acceptors (Lipinski definition) is 3. The first-order valence-electron chi connectivity index (χ1n) is 4.94.